The maximum atomic E-state index is 12.4. The van der Waals surface area contributed by atoms with Crippen LogP contribution in [0.25, 0.3) is 27.7 Å². The largest absolute Gasteiger partial charge is 0.493 e. The van der Waals surface area contributed by atoms with E-state index in [1.54, 1.807) is 12.3 Å². The molecule has 0 radical (unpaired) electrons. The normalized spacial score (nSPS) is 11.9. The van der Waals surface area contributed by atoms with E-state index in [0.29, 0.717) is 19.1 Å². The van der Waals surface area contributed by atoms with Crippen LogP contribution in [0.5, 0.6) is 5.75 Å². The van der Waals surface area contributed by atoms with E-state index < -0.39 is 0 Å². The van der Waals surface area contributed by atoms with Crippen molar-refractivity contribution in [3.05, 3.63) is 59.9 Å². The van der Waals surface area contributed by atoms with E-state index in [9.17, 15) is 4.79 Å². The van der Waals surface area contributed by atoms with Gasteiger partial charge in [-0.05, 0) is 50.3 Å². The molecule has 4 heteroatoms. The molecule has 0 saturated carbocycles. The van der Waals surface area contributed by atoms with Gasteiger partial charge in [0.15, 0.2) is 0 Å². The SMILES string of the molecule is CCOc1c(/C(C)=C/C(=O)NCCC(C)C)cc2c(-c3ccccc3)coc2c1C. The number of allylic oxidation sites excluding steroid dienone is 1. The van der Waals surface area contributed by atoms with Crippen LogP contribution in [0.2, 0.25) is 0 Å². The number of hydrogen-bond acceptors (Lipinski definition) is 3. The third-order valence-corrected chi connectivity index (χ3v) is 5.21. The molecule has 0 bridgehead atoms. The lowest BCUT2D eigenvalue weighted by Gasteiger charge is -2.15. The molecule has 158 valence electrons. The highest BCUT2D eigenvalue weighted by molar-refractivity contribution is 6.01. The fourth-order valence-corrected chi connectivity index (χ4v) is 3.59. The van der Waals surface area contributed by atoms with Gasteiger partial charge in [-0.15, -0.1) is 0 Å². The molecule has 0 atom stereocenters. The molecule has 0 aliphatic rings. The Kier molecular flexibility index (Phi) is 6.99. The zero-order valence-corrected chi connectivity index (χ0v) is 18.5. The smallest absolute Gasteiger partial charge is 0.244 e. The summed E-state index contributed by atoms with van der Waals surface area (Å²) in [5.74, 6) is 1.24. The number of rotatable bonds is 8. The highest BCUT2D eigenvalue weighted by atomic mass is 16.5. The third-order valence-electron chi connectivity index (χ3n) is 5.21. The molecule has 1 heterocycles. The van der Waals surface area contributed by atoms with Crippen molar-refractivity contribution in [1.29, 1.82) is 0 Å². The maximum absolute atomic E-state index is 12.4. The number of amides is 1. The summed E-state index contributed by atoms with van der Waals surface area (Å²) in [7, 11) is 0. The van der Waals surface area contributed by atoms with E-state index >= 15 is 0 Å². The summed E-state index contributed by atoms with van der Waals surface area (Å²) in [6.45, 7) is 11.4. The van der Waals surface area contributed by atoms with Crippen LogP contribution in [0.4, 0.5) is 0 Å². The summed E-state index contributed by atoms with van der Waals surface area (Å²) in [4.78, 5) is 12.4. The molecular formula is C26H31NO3. The van der Waals surface area contributed by atoms with Gasteiger partial charge in [-0.25, -0.2) is 0 Å². The predicted octanol–water partition coefficient (Wildman–Crippen LogP) is 6.37. The first kappa shape index (κ1) is 21.7. The van der Waals surface area contributed by atoms with Crippen molar-refractivity contribution < 1.29 is 13.9 Å². The van der Waals surface area contributed by atoms with Crippen LogP contribution in [-0.2, 0) is 4.79 Å². The number of aryl methyl sites for hydroxylation is 1. The molecule has 0 aliphatic carbocycles. The van der Waals surface area contributed by atoms with Crippen LogP contribution in [0.3, 0.4) is 0 Å². The second-order valence-electron chi connectivity index (χ2n) is 8.00. The van der Waals surface area contributed by atoms with Gasteiger partial charge in [-0.3, -0.25) is 4.79 Å². The Hall–Kier alpha value is -3.01. The highest BCUT2D eigenvalue weighted by Crippen LogP contribution is 2.40. The molecular weight excluding hydrogens is 374 g/mol. The van der Waals surface area contributed by atoms with Crippen LogP contribution in [0, 0.1) is 12.8 Å². The monoisotopic (exact) mass is 405 g/mol. The molecule has 30 heavy (non-hydrogen) atoms. The number of fused-ring (bicyclic) bond motifs is 1. The summed E-state index contributed by atoms with van der Waals surface area (Å²) in [6.07, 6.45) is 4.42. The Bertz CT molecular complexity index is 1050. The summed E-state index contributed by atoms with van der Waals surface area (Å²) in [5.41, 5.74) is 5.67. The van der Waals surface area contributed by atoms with Crippen molar-refractivity contribution in [2.45, 2.75) is 41.0 Å². The van der Waals surface area contributed by atoms with Gasteiger partial charge in [0, 0.05) is 34.7 Å². The van der Waals surface area contributed by atoms with Crippen LogP contribution in [0.1, 0.15) is 45.2 Å². The van der Waals surface area contributed by atoms with E-state index in [4.69, 9.17) is 9.15 Å². The minimum absolute atomic E-state index is 0.0798. The van der Waals surface area contributed by atoms with Crippen LogP contribution in [-0.4, -0.2) is 19.1 Å². The molecule has 1 aromatic heterocycles. The van der Waals surface area contributed by atoms with E-state index in [1.165, 1.54) is 0 Å². The van der Waals surface area contributed by atoms with Gasteiger partial charge in [0.25, 0.3) is 0 Å². The standard InChI is InChI=1S/C26H31NO3/c1-6-29-25-19(5)26-22(23(16-30-26)20-10-8-7-9-11-20)15-21(25)18(4)14-24(28)27-13-12-17(2)3/h7-11,14-17H,6,12-13H2,1-5H3,(H,27,28)/b18-14+. The van der Waals surface area contributed by atoms with E-state index in [-0.39, 0.29) is 5.91 Å². The first-order valence-corrected chi connectivity index (χ1v) is 10.6. The average molecular weight is 406 g/mol. The highest BCUT2D eigenvalue weighted by Gasteiger charge is 2.19. The van der Waals surface area contributed by atoms with Crippen molar-refractivity contribution >= 4 is 22.4 Å². The lowest BCUT2D eigenvalue weighted by atomic mass is 9.96. The zero-order chi connectivity index (χ0) is 21.7. The van der Waals surface area contributed by atoms with Crippen molar-refractivity contribution in [2.75, 3.05) is 13.2 Å². The van der Waals surface area contributed by atoms with Gasteiger partial charge in [-0.2, -0.15) is 0 Å². The molecule has 3 rings (SSSR count). The molecule has 0 fully saturated rings. The van der Waals surface area contributed by atoms with Gasteiger partial charge < -0.3 is 14.5 Å². The predicted molar refractivity (Wildman–Crippen MR) is 124 cm³/mol. The Morgan fingerprint density at radius 2 is 1.97 bits per heavy atom. The van der Waals surface area contributed by atoms with Crippen molar-refractivity contribution in [3.63, 3.8) is 0 Å². The Labute approximate surface area is 178 Å². The zero-order valence-electron chi connectivity index (χ0n) is 18.5. The number of ether oxygens (including phenoxy) is 1. The fraction of sp³-hybridized carbons (Fsp3) is 0.346. The number of furan rings is 1. The van der Waals surface area contributed by atoms with E-state index in [0.717, 1.165) is 51.0 Å². The molecule has 2 aromatic carbocycles. The van der Waals surface area contributed by atoms with Gasteiger partial charge >= 0.3 is 0 Å². The second kappa shape index (κ2) is 9.66. The van der Waals surface area contributed by atoms with Crippen LogP contribution < -0.4 is 10.1 Å². The Balaban J connectivity index is 2.04. The lowest BCUT2D eigenvalue weighted by molar-refractivity contribution is -0.116. The average Bonchev–Trinajstić information content (AvgIpc) is 3.14. The summed E-state index contributed by atoms with van der Waals surface area (Å²) in [5, 5.41) is 3.99. The molecule has 0 saturated heterocycles. The van der Waals surface area contributed by atoms with Crippen molar-refractivity contribution in [2.24, 2.45) is 5.92 Å². The minimum Gasteiger partial charge on any atom is -0.493 e. The van der Waals surface area contributed by atoms with E-state index in [2.05, 4.69) is 37.4 Å². The second-order valence-corrected chi connectivity index (χ2v) is 8.00. The molecule has 0 spiro atoms. The minimum atomic E-state index is -0.0798. The van der Waals surface area contributed by atoms with E-state index in [1.807, 2.05) is 39.0 Å². The van der Waals surface area contributed by atoms with Gasteiger partial charge in [0.05, 0.1) is 12.9 Å². The van der Waals surface area contributed by atoms with Gasteiger partial charge in [0.2, 0.25) is 5.91 Å². The number of benzene rings is 2. The quantitative estimate of drug-likeness (QED) is 0.443. The third kappa shape index (κ3) is 4.76. The number of nitrogens with one attached hydrogen (secondary N) is 1. The maximum Gasteiger partial charge on any atom is 0.244 e. The Morgan fingerprint density at radius 3 is 2.63 bits per heavy atom. The number of hydrogen-bond donors (Lipinski definition) is 1. The van der Waals surface area contributed by atoms with Gasteiger partial charge in [-0.1, -0.05) is 44.2 Å². The summed E-state index contributed by atoms with van der Waals surface area (Å²) >= 11 is 0. The fourth-order valence-electron chi connectivity index (χ4n) is 3.59. The first-order valence-electron chi connectivity index (χ1n) is 10.6. The molecule has 0 aliphatic heterocycles. The van der Waals surface area contributed by atoms with Gasteiger partial charge in [0.1, 0.15) is 11.3 Å². The Morgan fingerprint density at radius 1 is 1.23 bits per heavy atom. The first-order chi connectivity index (χ1) is 14.4. The van der Waals surface area contributed by atoms with Crippen molar-refractivity contribution in [1.82, 2.24) is 5.32 Å². The number of carbonyl (C=O) groups is 1. The lowest BCUT2D eigenvalue weighted by Crippen LogP contribution is -2.23. The number of carbonyl (C=O) groups excluding carboxylic acids is 1. The molecule has 3 aromatic rings. The molecule has 0 unspecified atom stereocenters. The molecule has 1 amide bonds. The summed E-state index contributed by atoms with van der Waals surface area (Å²) in [6, 6.07) is 12.3. The molecule has 4 nitrogen and oxygen atoms in total. The molecule has 1 N–H and O–H groups in total. The van der Waals surface area contributed by atoms with Crippen LogP contribution in [0.15, 0.2) is 53.2 Å². The van der Waals surface area contributed by atoms with Crippen molar-refractivity contribution in [3.8, 4) is 16.9 Å². The topological polar surface area (TPSA) is 51.5 Å². The summed E-state index contributed by atoms with van der Waals surface area (Å²) < 4.78 is 11.9. The van der Waals surface area contributed by atoms with Crippen LogP contribution >= 0.6 is 0 Å².